The van der Waals surface area contributed by atoms with Crippen molar-refractivity contribution in [2.45, 2.75) is 103 Å². The number of nitrogens with one attached hydrogen (secondary N) is 1. The quantitative estimate of drug-likeness (QED) is 0.530. The van der Waals surface area contributed by atoms with Gasteiger partial charge in [-0.25, -0.2) is 0 Å². The van der Waals surface area contributed by atoms with E-state index in [0.29, 0.717) is 22.9 Å². The van der Waals surface area contributed by atoms with E-state index in [-0.39, 0.29) is 11.8 Å². The molecule has 0 aromatic carbocycles. The van der Waals surface area contributed by atoms with Gasteiger partial charge in [0.2, 0.25) is 0 Å². The van der Waals surface area contributed by atoms with Crippen molar-refractivity contribution in [2.24, 2.45) is 46.3 Å². The lowest BCUT2D eigenvalue weighted by Gasteiger charge is -2.58. The van der Waals surface area contributed by atoms with Gasteiger partial charge in [0.15, 0.2) is 0 Å². The molecule has 1 spiro atoms. The molecule has 11 atom stereocenters. The zero-order valence-corrected chi connectivity index (χ0v) is 19.6. The van der Waals surface area contributed by atoms with Crippen molar-refractivity contribution in [3.63, 3.8) is 0 Å². The van der Waals surface area contributed by atoms with Crippen LogP contribution in [0.3, 0.4) is 0 Å². The van der Waals surface area contributed by atoms with Crippen LogP contribution in [0.15, 0.2) is 11.6 Å². The smallest absolute Gasteiger partial charge is 0.122 e. The van der Waals surface area contributed by atoms with Crippen LogP contribution in [0.5, 0.6) is 0 Å². The lowest BCUT2D eigenvalue weighted by molar-refractivity contribution is -0.115. The Labute approximate surface area is 183 Å². The first-order valence-corrected chi connectivity index (χ1v) is 13.1. The molecule has 6 rings (SSSR count). The molecule has 0 aromatic heterocycles. The normalized spacial score (nSPS) is 59.8. The Bertz CT molecular complexity index is 739. The van der Waals surface area contributed by atoms with Gasteiger partial charge < -0.3 is 9.84 Å². The Hall–Kier alpha value is -0.380. The average molecular weight is 414 g/mol. The van der Waals surface area contributed by atoms with Crippen LogP contribution in [0.1, 0.15) is 85.5 Å². The minimum atomic E-state index is -0.100. The van der Waals surface area contributed by atoms with Gasteiger partial charge in [-0.05, 0) is 98.2 Å². The summed E-state index contributed by atoms with van der Waals surface area (Å²) in [4.78, 5) is 0. The summed E-state index contributed by atoms with van der Waals surface area (Å²) in [5, 5.41) is 14.1. The van der Waals surface area contributed by atoms with Crippen molar-refractivity contribution in [1.82, 2.24) is 5.32 Å². The highest BCUT2D eigenvalue weighted by Gasteiger charge is 2.68. The van der Waals surface area contributed by atoms with Crippen molar-refractivity contribution in [1.29, 1.82) is 0 Å². The fraction of sp³-hybridized carbons (Fsp3) is 0.926. The molecule has 0 amide bonds. The topological polar surface area (TPSA) is 41.5 Å². The van der Waals surface area contributed by atoms with Gasteiger partial charge in [-0.3, -0.25) is 5.32 Å². The molecule has 0 bridgehead atoms. The molecule has 0 aromatic rings. The molecule has 3 nitrogen and oxygen atoms in total. The van der Waals surface area contributed by atoms with Crippen molar-refractivity contribution in [3.05, 3.63) is 11.6 Å². The molecule has 6 aliphatic rings. The molecule has 10 unspecified atom stereocenters. The van der Waals surface area contributed by atoms with Crippen LogP contribution in [0.2, 0.25) is 0 Å². The average Bonchev–Trinajstić information content (AvgIpc) is 3.16. The standard InChI is InChI=1S/C27H43NO2/c1-16-7-12-27(28-15-16)17(2)24-23(30-27)14-22-20-6-5-18-13-19(29)8-10-25(18,3)21(20)9-11-26(22,24)4/h5,16-17,19-24,28-29H,6-15H2,1-4H3/t16?,17?,19-,20?,21?,22?,23?,24?,25?,26?,27?/m0/s1. The summed E-state index contributed by atoms with van der Waals surface area (Å²) in [7, 11) is 0. The van der Waals surface area contributed by atoms with E-state index >= 15 is 0 Å². The van der Waals surface area contributed by atoms with Crippen molar-refractivity contribution in [3.8, 4) is 0 Å². The molecule has 168 valence electrons. The third-order valence-corrected chi connectivity index (χ3v) is 11.6. The second-order valence-corrected chi connectivity index (χ2v) is 12.8. The van der Waals surface area contributed by atoms with E-state index < -0.39 is 0 Å². The van der Waals surface area contributed by atoms with Crippen LogP contribution in [0.4, 0.5) is 0 Å². The first-order valence-electron chi connectivity index (χ1n) is 13.1. The minimum Gasteiger partial charge on any atom is -0.393 e. The monoisotopic (exact) mass is 413 g/mol. The van der Waals surface area contributed by atoms with Crippen LogP contribution in [-0.4, -0.2) is 29.6 Å². The lowest BCUT2D eigenvalue weighted by Crippen LogP contribution is -2.57. The SMILES string of the molecule is CC1CCC2(NC1)OC1CC3C4CC=C5C[C@@H](O)CCC5(C)C4CCC3(C)C1C2C. The van der Waals surface area contributed by atoms with E-state index in [0.717, 1.165) is 49.0 Å². The number of aliphatic hydroxyl groups is 1. The predicted octanol–water partition coefficient (Wildman–Crippen LogP) is 5.29. The second-order valence-electron chi connectivity index (χ2n) is 12.8. The summed E-state index contributed by atoms with van der Waals surface area (Å²) in [6.45, 7) is 11.2. The molecule has 2 N–H and O–H groups in total. The fourth-order valence-electron chi connectivity index (χ4n) is 9.84. The summed E-state index contributed by atoms with van der Waals surface area (Å²) in [5.74, 6) is 4.58. The number of hydrogen-bond acceptors (Lipinski definition) is 3. The van der Waals surface area contributed by atoms with Crippen LogP contribution >= 0.6 is 0 Å². The number of ether oxygens (including phenoxy) is 1. The summed E-state index contributed by atoms with van der Waals surface area (Å²) < 4.78 is 7.00. The van der Waals surface area contributed by atoms with Crippen molar-refractivity contribution in [2.75, 3.05) is 6.54 Å². The molecular weight excluding hydrogens is 370 g/mol. The highest BCUT2D eigenvalue weighted by molar-refractivity contribution is 5.26. The molecule has 0 radical (unpaired) electrons. The van der Waals surface area contributed by atoms with E-state index in [1.54, 1.807) is 5.57 Å². The maximum atomic E-state index is 10.3. The zero-order chi connectivity index (χ0) is 20.9. The number of allylic oxidation sites excluding steroid dienone is 1. The summed E-state index contributed by atoms with van der Waals surface area (Å²) in [6.07, 6.45) is 13.8. The van der Waals surface area contributed by atoms with Gasteiger partial charge in [-0.1, -0.05) is 39.3 Å². The lowest BCUT2D eigenvalue weighted by atomic mass is 9.47. The molecule has 5 fully saturated rings. The molecule has 2 saturated heterocycles. The summed E-state index contributed by atoms with van der Waals surface area (Å²) >= 11 is 0. The first-order chi connectivity index (χ1) is 14.3. The van der Waals surface area contributed by atoms with E-state index in [2.05, 4.69) is 39.1 Å². The zero-order valence-electron chi connectivity index (χ0n) is 19.6. The predicted molar refractivity (Wildman–Crippen MR) is 120 cm³/mol. The number of piperidine rings is 1. The maximum absolute atomic E-state index is 10.3. The Balaban J connectivity index is 1.28. The number of fused-ring (bicyclic) bond motifs is 7. The van der Waals surface area contributed by atoms with E-state index in [4.69, 9.17) is 4.74 Å². The summed E-state index contributed by atoms with van der Waals surface area (Å²) in [6, 6.07) is 0. The number of hydrogen-bond donors (Lipinski definition) is 2. The maximum Gasteiger partial charge on any atom is 0.122 e. The minimum absolute atomic E-state index is 0.0439. The number of rotatable bonds is 0. The van der Waals surface area contributed by atoms with Crippen molar-refractivity contribution >= 4 is 0 Å². The third kappa shape index (κ3) is 2.55. The molecule has 30 heavy (non-hydrogen) atoms. The summed E-state index contributed by atoms with van der Waals surface area (Å²) in [5.41, 5.74) is 2.33. The van der Waals surface area contributed by atoms with Crippen molar-refractivity contribution < 1.29 is 9.84 Å². The van der Waals surface area contributed by atoms with Gasteiger partial charge in [0.1, 0.15) is 5.72 Å². The molecule has 4 aliphatic carbocycles. The highest BCUT2D eigenvalue weighted by Crippen LogP contribution is 2.70. The molecular formula is C27H43NO2. The van der Waals surface area contributed by atoms with Gasteiger partial charge in [0, 0.05) is 12.5 Å². The largest absolute Gasteiger partial charge is 0.393 e. The van der Waals surface area contributed by atoms with Gasteiger partial charge in [0.05, 0.1) is 12.2 Å². The molecule has 2 aliphatic heterocycles. The molecule has 3 saturated carbocycles. The first kappa shape index (κ1) is 20.2. The van der Waals surface area contributed by atoms with Crippen LogP contribution in [0.25, 0.3) is 0 Å². The Morgan fingerprint density at radius 3 is 2.67 bits per heavy atom. The Morgan fingerprint density at radius 1 is 1.07 bits per heavy atom. The molecule has 2 heterocycles. The third-order valence-electron chi connectivity index (χ3n) is 11.6. The van der Waals surface area contributed by atoms with E-state index in [9.17, 15) is 5.11 Å². The van der Waals surface area contributed by atoms with Crippen LogP contribution in [-0.2, 0) is 4.74 Å². The number of aliphatic hydroxyl groups excluding tert-OH is 1. The van der Waals surface area contributed by atoms with Crippen LogP contribution in [0, 0.1) is 46.3 Å². The van der Waals surface area contributed by atoms with Crippen LogP contribution < -0.4 is 5.32 Å². The highest BCUT2D eigenvalue weighted by atomic mass is 16.5. The fourth-order valence-corrected chi connectivity index (χ4v) is 9.84. The van der Waals surface area contributed by atoms with Gasteiger partial charge in [-0.2, -0.15) is 0 Å². The second kappa shape index (κ2) is 6.58. The van der Waals surface area contributed by atoms with E-state index in [1.807, 2.05) is 0 Å². The Morgan fingerprint density at radius 2 is 1.90 bits per heavy atom. The molecule has 3 heteroatoms. The van der Waals surface area contributed by atoms with Gasteiger partial charge in [0.25, 0.3) is 0 Å². The van der Waals surface area contributed by atoms with E-state index in [1.165, 1.54) is 44.9 Å². The van der Waals surface area contributed by atoms with Gasteiger partial charge in [-0.15, -0.1) is 0 Å². The van der Waals surface area contributed by atoms with Gasteiger partial charge >= 0.3 is 0 Å². The Kier molecular flexibility index (Phi) is 4.44.